The second-order valence-corrected chi connectivity index (χ2v) is 5.82. The fraction of sp³-hybridized carbons (Fsp3) is 0.471. The van der Waals surface area contributed by atoms with Gasteiger partial charge in [-0.25, -0.2) is 0 Å². The quantitative estimate of drug-likeness (QED) is 0.887. The predicted octanol–water partition coefficient (Wildman–Crippen LogP) is 3.10. The van der Waals surface area contributed by atoms with Crippen LogP contribution in [0.4, 0.5) is 5.69 Å². The lowest BCUT2D eigenvalue weighted by molar-refractivity contribution is 0.177. The molecule has 4 heteroatoms. The number of nitrogens with zero attached hydrogens (tertiary/aromatic N) is 2. The van der Waals surface area contributed by atoms with Crippen LogP contribution in [0.3, 0.4) is 0 Å². The Bertz CT molecular complexity index is 620. The molecule has 0 aliphatic carbocycles. The lowest BCUT2D eigenvalue weighted by Crippen LogP contribution is -2.08. The van der Waals surface area contributed by atoms with Crippen molar-refractivity contribution in [3.05, 3.63) is 47.3 Å². The minimum absolute atomic E-state index is 0.401. The van der Waals surface area contributed by atoms with Crippen molar-refractivity contribution in [3.63, 3.8) is 0 Å². The maximum absolute atomic E-state index is 10.6. The molecule has 0 amide bonds. The summed E-state index contributed by atoms with van der Waals surface area (Å²) in [5.41, 5.74) is 4.35. The molecular formula is C17H23N3O. The predicted molar refractivity (Wildman–Crippen MR) is 84.5 cm³/mol. The smallest absolute Gasteiger partial charge is 0.0866 e. The van der Waals surface area contributed by atoms with E-state index < -0.39 is 6.10 Å². The van der Waals surface area contributed by atoms with Gasteiger partial charge in [-0.15, -0.1) is 0 Å². The molecule has 1 aromatic heterocycles. The zero-order valence-corrected chi connectivity index (χ0v) is 12.7. The van der Waals surface area contributed by atoms with Gasteiger partial charge in [0.05, 0.1) is 11.8 Å². The highest BCUT2D eigenvalue weighted by Crippen LogP contribution is 2.32. The van der Waals surface area contributed by atoms with Crippen molar-refractivity contribution < 1.29 is 5.11 Å². The van der Waals surface area contributed by atoms with E-state index in [2.05, 4.69) is 30.3 Å². The number of benzene rings is 1. The first kappa shape index (κ1) is 14.1. The number of hydrogen-bond donors (Lipinski definition) is 2. The van der Waals surface area contributed by atoms with Crippen LogP contribution in [0.5, 0.6) is 0 Å². The standard InChI is InChI=1S/C17H23N3O/c1-3-12(2)20-10-8-14(19-20)11-16(21)15-6-4-5-13-7-9-18-17(13)15/h4-6,8,10,12,16,18,21H,3,7,9,11H2,1-2H3. The summed E-state index contributed by atoms with van der Waals surface area (Å²) in [5.74, 6) is 0. The molecule has 0 saturated carbocycles. The number of aromatic nitrogens is 2. The fourth-order valence-corrected chi connectivity index (χ4v) is 2.87. The van der Waals surface area contributed by atoms with E-state index in [1.807, 2.05) is 29.1 Å². The van der Waals surface area contributed by atoms with E-state index in [-0.39, 0.29) is 0 Å². The van der Waals surface area contributed by atoms with Crippen molar-refractivity contribution in [2.75, 3.05) is 11.9 Å². The Morgan fingerprint density at radius 2 is 2.24 bits per heavy atom. The van der Waals surface area contributed by atoms with Crippen molar-refractivity contribution in [1.29, 1.82) is 0 Å². The molecule has 0 radical (unpaired) electrons. The number of aliphatic hydroxyl groups excluding tert-OH is 1. The van der Waals surface area contributed by atoms with Gasteiger partial charge < -0.3 is 10.4 Å². The van der Waals surface area contributed by atoms with Crippen LogP contribution in [0.2, 0.25) is 0 Å². The summed E-state index contributed by atoms with van der Waals surface area (Å²) in [6, 6.07) is 8.57. The second kappa shape index (κ2) is 5.90. The van der Waals surface area contributed by atoms with Crippen LogP contribution in [-0.2, 0) is 12.8 Å². The first-order chi connectivity index (χ1) is 10.2. The molecule has 1 aromatic carbocycles. The number of para-hydroxylation sites is 1. The summed E-state index contributed by atoms with van der Waals surface area (Å²) in [6.45, 7) is 5.27. The Kier molecular flexibility index (Phi) is 3.97. The first-order valence-electron chi connectivity index (χ1n) is 7.76. The van der Waals surface area contributed by atoms with E-state index in [1.165, 1.54) is 5.56 Å². The van der Waals surface area contributed by atoms with Crippen LogP contribution in [0, 0.1) is 0 Å². The SMILES string of the molecule is CCC(C)n1ccc(CC(O)c2cccc3c2NCC3)n1. The number of rotatable bonds is 5. The molecule has 4 nitrogen and oxygen atoms in total. The third-order valence-electron chi connectivity index (χ3n) is 4.35. The molecule has 2 heterocycles. The Morgan fingerprint density at radius 1 is 1.38 bits per heavy atom. The Labute approximate surface area is 125 Å². The highest BCUT2D eigenvalue weighted by Gasteiger charge is 2.20. The second-order valence-electron chi connectivity index (χ2n) is 5.82. The van der Waals surface area contributed by atoms with E-state index in [0.717, 1.165) is 36.3 Å². The fourth-order valence-electron chi connectivity index (χ4n) is 2.87. The first-order valence-corrected chi connectivity index (χ1v) is 7.76. The van der Waals surface area contributed by atoms with Gasteiger partial charge in [0, 0.05) is 36.5 Å². The number of anilines is 1. The number of nitrogens with one attached hydrogen (secondary N) is 1. The molecule has 0 bridgehead atoms. The normalized spacial score (nSPS) is 16.3. The molecule has 3 rings (SSSR count). The lowest BCUT2D eigenvalue weighted by Gasteiger charge is -2.14. The maximum Gasteiger partial charge on any atom is 0.0866 e. The van der Waals surface area contributed by atoms with Gasteiger partial charge >= 0.3 is 0 Å². The summed E-state index contributed by atoms with van der Waals surface area (Å²) in [5, 5.41) is 18.5. The van der Waals surface area contributed by atoms with Crippen molar-refractivity contribution in [2.45, 2.75) is 45.3 Å². The van der Waals surface area contributed by atoms with Gasteiger partial charge in [-0.1, -0.05) is 25.1 Å². The van der Waals surface area contributed by atoms with Crippen LogP contribution >= 0.6 is 0 Å². The van der Waals surface area contributed by atoms with Gasteiger partial charge in [0.25, 0.3) is 0 Å². The summed E-state index contributed by atoms with van der Waals surface area (Å²) in [6.07, 6.45) is 4.15. The van der Waals surface area contributed by atoms with E-state index >= 15 is 0 Å². The van der Waals surface area contributed by atoms with Crippen LogP contribution in [0.1, 0.15) is 49.2 Å². The largest absolute Gasteiger partial charge is 0.388 e. The third kappa shape index (κ3) is 2.81. The van der Waals surface area contributed by atoms with Crippen LogP contribution in [0.15, 0.2) is 30.5 Å². The highest BCUT2D eigenvalue weighted by atomic mass is 16.3. The highest BCUT2D eigenvalue weighted by molar-refractivity contribution is 5.61. The van der Waals surface area contributed by atoms with Crippen molar-refractivity contribution in [2.24, 2.45) is 0 Å². The summed E-state index contributed by atoms with van der Waals surface area (Å²) in [7, 11) is 0. The average Bonchev–Trinajstić information content (AvgIpc) is 3.14. The van der Waals surface area contributed by atoms with E-state index in [0.29, 0.717) is 12.5 Å². The Morgan fingerprint density at radius 3 is 3.05 bits per heavy atom. The molecule has 112 valence electrons. The van der Waals surface area contributed by atoms with Gasteiger partial charge in [0.1, 0.15) is 0 Å². The van der Waals surface area contributed by atoms with Crippen LogP contribution in [0.25, 0.3) is 0 Å². The summed E-state index contributed by atoms with van der Waals surface area (Å²) < 4.78 is 1.98. The van der Waals surface area contributed by atoms with E-state index in [1.54, 1.807) is 0 Å². The molecule has 2 atom stereocenters. The van der Waals surface area contributed by atoms with E-state index in [4.69, 9.17) is 0 Å². The van der Waals surface area contributed by atoms with Gasteiger partial charge in [-0.05, 0) is 31.4 Å². The molecule has 0 spiro atoms. The zero-order valence-electron chi connectivity index (χ0n) is 12.7. The topological polar surface area (TPSA) is 50.1 Å². The minimum atomic E-state index is -0.508. The molecule has 1 aliphatic heterocycles. The molecule has 0 saturated heterocycles. The van der Waals surface area contributed by atoms with E-state index in [9.17, 15) is 5.11 Å². The monoisotopic (exact) mass is 285 g/mol. The van der Waals surface area contributed by atoms with Crippen molar-refractivity contribution in [3.8, 4) is 0 Å². The van der Waals surface area contributed by atoms with Gasteiger partial charge in [-0.2, -0.15) is 5.10 Å². The number of hydrogen-bond acceptors (Lipinski definition) is 3. The number of aliphatic hydroxyl groups is 1. The Balaban J connectivity index is 1.76. The zero-order chi connectivity index (χ0) is 14.8. The van der Waals surface area contributed by atoms with Gasteiger partial charge in [0.2, 0.25) is 0 Å². The maximum atomic E-state index is 10.6. The average molecular weight is 285 g/mol. The van der Waals surface area contributed by atoms with Crippen LogP contribution in [-0.4, -0.2) is 21.4 Å². The van der Waals surface area contributed by atoms with Crippen molar-refractivity contribution in [1.82, 2.24) is 9.78 Å². The summed E-state index contributed by atoms with van der Waals surface area (Å²) in [4.78, 5) is 0. The minimum Gasteiger partial charge on any atom is -0.388 e. The molecular weight excluding hydrogens is 262 g/mol. The summed E-state index contributed by atoms with van der Waals surface area (Å²) >= 11 is 0. The molecule has 2 N–H and O–H groups in total. The third-order valence-corrected chi connectivity index (χ3v) is 4.35. The van der Waals surface area contributed by atoms with Crippen molar-refractivity contribution >= 4 is 5.69 Å². The molecule has 0 fully saturated rings. The molecule has 2 unspecified atom stereocenters. The van der Waals surface area contributed by atoms with Crippen LogP contribution < -0.4 is 5.32 Å². The molecule has 21 heavy (non-hydrogen) atoms. The Hall–Kier alpha value is -1.81. The van der Waals surface area contributed by atoms with Gasteiger partial charge in [-0.3, -0.25) is 4.68 Å². The number of fused-ring (bicyclic) bond motifs is 1. The lowest BCUT2D eigenvalue weighted by atomic mass is 10.00. The van der Waals surface area contributed by atoms with Gasteiger partial charge in [0.15, 0.2) is 0 Å². The molecule has 2 aromatic rings. The molecule has 1 aliphatic rings.